The molecule has 2 aromatic heterocycles. The van der Waals surface area contributed by atoms with Crippen LogP contribution >= 0.6 is 0 Å². The topological polar surface area (TPSA) is 29.5 Å². The van der Waals surface area contributed by atoms with Gasteiger partial charge in [-0.2, -0.15) is 0 Å². The highest BCUT2D eigenvalue weighted by Crippen LogP contribution is 2.53. The molecule has 0 bridgehead atoms. The van der Waals surface area contributed by atoms with Crippen molar-refractivity contribution in [2.24, 2.45) is 0 Å². The molecular weight excluding hydrogens is 647 g/mol. The largest absolute Gasteiger partial charge is 0.456 e. The van der Waals surface area contributed by atoms with E-state index in [0.717, 1.165) is 83.0 Å². The van der Waals surface area contributed by atoms with Crippen molar-refractivity contribution in [2.45, 2.75) is 0 Å². The number of nitrogens with zero attached hydrogens (tertiary/aromatic N) is 1. The third-order valence-corrected chi connectivity index (χ3v) is 10.7. The highest BCUT2D eigenvalue weighted by atomic mass is 16.3. The number of para-hydroxylation sites is 4. The molecule has 0 N–H and O–H groups in total. The summed E-state index contributed by atoms with van der Waals surface area (Å²) in [5.74, 6) is 0. The highest BCUT2D eigenvalue weighted by molar-refractivity contribution is 6.25. The van der Waals surface area contributed by atoms with Crippen LogP contribution < -0.4 is 4.90 Å². The molecule has 0 aliphatic heterocycles. The quantitative estimate of drug-likeness (QED) is 0.170. The molecule has 0 unspecified atom stereocenters. The van der Waals surface area contributed by atoms with Crippen molar-refractivity contribution in [3.63, 3.8) is 0 Å². The number of benzene rings is 9. The van der Waals surface area contributed by atoms with Gasteiger partial charge in [0.15, 0.2) is 0 Å². The fourth-order valence-corrected chi connectivity index (χ4v) is 8.42. The zero-order valence-electron chi connectivity index (χ0n) is 28.7. The molecule has 0 saturated heterocycles. The zero-order valence-corrected chi connectivity index (χ0v) is 28.7. The van der Waals surface area contributed by atoms with Crippen molar-refractivity contribution in [1.29, 1.82) is 0 Å². The third-order valence-electron chi connectivity index (χ3n) is 10.7. The Morgan fingerprint density at radius 1 is 0.321 bits per heavy atom. The lowest BCUT2D eigenvalue weighted by atomic mass is 9.89. The summed E-state index contributed by atoms with van der Waals surface area (Å²) in [5, 5.41) is 9.12. The zero-order chi connectivity index (χ0) is 34.9. The summed E-state index contributed by atoms with van der Waals surface area (Å²) in [6.45, 7) is 0. The van der Waals surface area contributed by atoms with Gasteiger partial charge in [0.05, 0.1) is 22.4 Å². The minimum Gasteiger partial charge on any atom is -0.456 e. The second-order valence-electron chi connectivity index (χ2n) is 13.6. The second-order valence-corrected chi connectivity index (χ2v) is 13.6. The molecular formula is C50H31NO2. The first-order valence-electron chi connectivity index (χ1n) is 18.0. The molecule has 0 aliphatic rings. The minimum atomic E-state index is 0.844. The van der Waals surface area contributed by atoms with Crippen molar-refractivity contribution < 1.29 is 8.83 Å². The smallest absolute Gasteiger partial charge is 0.143 e. The van der Waals surface area contributed by atoms with Crippen LogP contribution in [-0.4, -0.2) is 0 Å². The number of furan rings is 2. The van der Waals surface area contributed by atoms with E-state index in [2.05, 4.69) is 181 Å². The Hall–Kier alpha value is -7.10. The van der Waals surface area contributed by atoms with Crippen molar-refractivity contribution in [2.75, 3.05) is 4.90 Å². The third kappa shape index (κ3) is 4.47. The summed E-state index contributed by atoms with van der Waals surface area (Å²) in [6.07, 6.45) is 0. The van der Waals surface area contributed by atoms with E-state index in [1.165, 1.54) is 21.7 Å². The molecule has 0 saturated carbocycles. The normalized spacial score (nSPS) is 11.8. The predicted octanol–water partition coefficient (Wildman–Crippen LogP) is 14.6. The summed E-state index contributed by atoms with van der Waals surface area (Å²) in [5.41, 5.74) is 11.1. The molecule has 3 nitrogen and oxygen atoms in total. The second kappa shape index (κ2) is 11.7. The molecule has 0 atom stereocenters. The van der Waals surface area contributed by atoms with E-state index in [1.807, 2.05) is 12.1 Å². The molecule has 2 heterocycles. The summed E-state index contributed by atoms with van der Waals surface area (Å²) < 4.78 is 13.2. The van der Waals surface area contributed by atoms with Gasteiger partial charge in [-0.05, 0) is 52.1 Å². The lowest BCUT2D eigenvalue weighted by molar-refractivity contribution is 0.669. The van der Waals surface area contributed by atoms with Crippen LogP contribution in [0.15, 0.2) is 197 Å². The Labute approximate surface area is 305 Å². The molecule has 0 amide bonds. The molecule has 0 radical (unpaired) electrons. The Morgan fingerprint density at radius 2 is 0.849 bits per heavy atom. The maximum absolute atomic E-state index is 6.69. The SMILES string of the molecule is c1ccc(-c2c(N(c3ccccc3-c3cccc4c3oc3ccccc34)c3cccc4oc5ccccc5c34)c3ccccc3c3ccccc23)cc1. The van der Waals surface area contributed by atoms with Gasteiger partial charge in [0, 0.05) is 38.2 Å². The highest BCUT2D eigenvalue weighted by Gasteiger charge is 2.28. The number of hydrogen-bond donors (Lipinski definition) is 0. The van der Waals surface area contributed by atoms with Crippen LogP contribution in [-0.2, 0) is 0 Å². The molecule has 0 aliphatic carbocycles. The molecule has 11 rings (SSSR count). The lowest BCUT2D eigenvalue weighted by Crippen LogP contribution is -2.14. The van der Waals surface area contributed by atoms with Gasteiger partial charge >= 0.3 is 0 Å². The predicted molar refractivity (Wildman–Crippen MR) is 222 cm³/mol. The molecule has 53 heavy (non-hydrogen) atoms. The fraction of sp³-hybridized carbons (Fsp3) is 0. The van der Waals surface area contributed by atoms with Gasteiger partial charge in [0.1, 0.15) is 22.3 Å². The average molecular weight is 678 g/mol. The van der Waals surface area contributed by atoms with Crippen molar-refractivity contribution >= 4 is 82.5 Å². The monoisotopic (exact) mass is 677 g/mol. The van der Waals surface area contributed by atoms with Gasteiger partial charge in [-0.1, -0.05) is 158 Å². The van der Waals surface area contributed by atoms with Gasteiger partial charge in [0.25, 0.3) is 0 Å². The number of hydrogen-bond acceptors (Lipinski definition) is 3. The first-order valence-corrected chi connectivity index (χ1v) is 18.0. The van der Waals surface area contributed by atoms with Gasteiger partial charge in [-0.3, -0.25) is 0 Å². The number of fused-ring (bicyclic) bond motifs is 9. The van der Waals surface area contributed by atoms with Crippen molar-refractivity contribution in [3.8, 4) is 22.3 Å². The first kappa shape index (κ1) is 29.6. The van der Waals surface area contributed by atoms with E-state index in [1.54, 1.807) is 0 Å². The summed E-state index contributed by atoms with van der Waals surface area (Å²) in [7, 11) is 0. The van der Waals surface area contributed by atoms with Crippen LogP contribution in [0.3, 0.4) is 0 Å². The van der Waals surface area contributed by atoms with Crippen LogP contribution in [0.5, 0.6) is 0 Å². The summed E-state index contributed by atoms with van der Waals surface area (Å²) in [4.78, 5) is 2.48. The molecule has 0 spiro atoms. The fourth-order valence-electron chi connectivity index (χ4n) is 8.42. The Kier molecular flexibility index (Phi) is 6.55. The van der Waals surface area contributed by atoms with E-state index >= 15 is 0 Å². The molecule has 3 heteroatoms. The van der Waals surface area contributed by atoms with Gasteiger partial charge in [-0.15, -0.1) is 0 Å². The van der Waals surface area contributed by atoms with Crippen LogP contribution in [0, 0.1) is 0 Å². The van der Waals surface area contributed by atoms with Gasteiger partial charge in [-0.25, -0.2) is 0 Å². The van der Waals surface area contributed by atoms with Crippen LogP contribution in [0.25, 0.3) is 87.7 Å². The molecule has 248 valence electrons. The van der Waals surface area contributed by atoms with Crippen LogP contribution in [0.2, 0.25) is 0 Å². The van der Waals surface area contributed by atoms with E-state index in [4.69, 9.17) is 8.83 Å². The minimum absolute atomic E-state index is 0.844. The van der Waals surface area contributed by atoms with Gasteiger partial charge in [0.2, 0.25) is 0 Å². The standard InChI is InChI=1S/C50H31NO2/c1-2-16-32(17-3-1)47-37-22-6-4-18-33(37)34-19-5-7-23-38(34)49(47)51(43-28-15-31-46-48(43)41-24-10-13-30-45(41)52-46)42-27-11-8-20-35(42)39-25-14-26-40-36-21-9-12-29-44(36)53-50(39)40/h1-31H. The molecule has 11 aromatic rings. The lowest BCUT2D eigenvalue weighted by Gasteiger charge is -2.32. The van der Waals surface area contributed by atoms with E-state index in [0.29, 0.717) is 0 Å². The molecule has 9 aromatic carbocycles. The summed E-state index contributed by atoms with van der Waals surface area (Å²) in [6, 6.07) is 66.8. The molecule has 0 fully saturated rings. The number of anilines is 3. The van der Waals surface area contributed by atoms with E-state index < -0.39 is 0 Å². The first-order chi connectivity index (χ1) is 26.3. The number of rotatable bonds is 5. The van der Waals surface area contributed by atoms with Crippen LogP contribution in [0.1, 0.15) is 0 Å². The average Bonchev–Trinajstić information content (AvgIpc) is 3.81. The van der Waals surface area contributed by atoms with E-state index in [-0.39, 0.29) is 0 Å². The van der Waals surface area contributed by atoms with E-state index in [9.17, 15) is 0 Å². The van der Waals surface area contributed by atoms with Crippen molar-refractivity contribution in [3.05, 3.63) is 188 Å². The summed E-state index contributed by atoms with van der Waals surface area (Å²) >= 11 is 0. The maximum Gasteiger partial charge on any atom is 0.143 e. The Bertz CT molecular complexity index is 3190. The Balaban J connectivity index is 1.34. The maximum atomic E-state index is 6.69. The van der Waals surface area contributed by atoms with Gasteiger partial charge < -0.3 is 13.7 Å². The van der Waals surface area contributed by atoms with Crippen LogP contribution in [0.4, 0.5) is 17.1 Å². The van der Waals surface area contributed by atoms with Crippen molar-refractivity contribution in [1.82, 2.24) is 0 Å². The Morgan fingerprint density at radius 3 is 1.66 bits per heavy atom.